The molecule has 0 unspecified atom stereocenters. The number of rotatable bonds is 3. The van der Waals surface area contributed by atoms with Gasteiger partial charge in [-0.1, -0.05) is 60.2 Å². The first-order valence-corrected chi connectivity index (χ1v) is 8.12. The number of nitrogens with zero attached hydrogens (tertiary/aromatic N) is 1. The van der Waals surface area contributed by atoms with Gasteiger partial charge in [-0.25, -0.2) is 0 Å². The standard InChI is InChI=1S/C20H23N/c1-15-6-5-9-17(10-15)19-11-18-13-21(14-20(18)19)12-16-7-3-2-4-8-16/h2-10,18-20H,11-14H2,1H3/t18-,19-,20+/m1/s1. The molecule has 1 aliphatic heterocycles. The van der Waals surface area contributed by atoms with Crippen molar-refractivity contribution in [2.75, 3.05) is 13.1 Å². The summed E-state index contributed by atoms with van der Waals surface area (Å²) in [4.78, 5) is 2.65. The molecule has 1 saturated carbocycles. The fourth-order valence-corrected chi connectivity index (χ4v) is 4.25. The summed E-state index contributed by atoms with van der Waals surface area (Å²) in [5, 5.41) is 0. The SMILES string of the molecule is Cc1cccc([C@H]2C[C@@H]3CN(Cc4ccccc4)C[C@@H]32)c1. The first kappa shape index (κ1) is 13.1. The summed E-state index contributed by atoms with van der Waals surface area (Å²) in [6.45, 7) is 5.89. The second kappa shape index (κ2) is 5.31. The lowest BCUT2D eigenvalue weighted by Crippen LogP contribution is -2.33. The lowest BCUT2D eigenvalue weighted by molar-refractivity contribution is 0.191. The number of fused-ring (bicyclic) bond motifs is 1. The van der Waals surface area contributed by atoms with E-state index in [1.165, 1.54) is 30.6 Å². The van der Waals surface area contributed by atoms with Crippen LogP contribution in [-0.4, -0.2) is 18.0 Å². The molecule has 108 valence electrons. The fraction of sp³-hybridized carbons (Fsp3) is 0.400. The predicted molar refractivity (Wildman–Crippen MR) is 87.2 cm³/mol. The van der Waals surface area contributed by atoms with Crippen LogP contribution in [0, 0.1) is 18.8 Å². The van der Waals surface area contributed by atoms with Gasteiger partial charge in [-0.2, -0.15) is 0 Å². The van der Waals surface area contributed by atoms with Gasteiger partial charge in [-0.05, 0) is 42.2 Å². The zero-order chi connectivity index (χ0) is 14.2. The predicted octanol–water partition coefficient (Wildman–Crippen LogP) is 4.23. The van der Waals surface area contributed by atoms with E-state index in [1.54, 1.807) is 5.56 Å². The van der Waals surface area contributed by atoms with Crippen molar-refractivity contribution in [3.05, 3.63) is 71.3 Å². The van der Waals surface area contributed by atoms with Crippen molar-refractivity contribution in [3.63, 3.8) is 0 Å². The molecule has 3 atom stereocenters. The molecule has 0 amide bonds. The van der Waals surface area contributed by atoms with Crippen LogP contribution in [0.25, 0.3) is 0 Å². The van der Waals surface area contributed by atoms with Crippen molar-refractivity contribution >= 4 is 0 Å². The minimum Gasteiger partial charge on any atom is -0.298 e. The van der Waals surface area contributed by atoms with Crippen LogP contribution in [0.1, 0.15) is 29.0 Å². The lowest BCUT2D eigenvalue weighted by Gasteiger charge is -2.40. The van der Waals surface area contributed by atoms with Gasteiger partial charge in [0.25, 0.3) is 0 Å². The Morgan fingerprint density at radius 2 is 1.86 bits per heavy atom. The maximum absolute atomic E-state index is 2.65. The molecule has 21 heavy (non-hydrogen) atoms. The first-order chi connectivity index (χ1) is 10.3. The van der Waals surface area contributed by atoms with Crippen molar-refractivity contribution < 1.29 is 0 Å². The molecule has 1 aliphatic carbocycles. The zero-order valence-electron chi connectivity index (χ0n) is 12.7. The van der Waals surface area contributed by atoms with Gasteiger partial charge < -0.3 is 0 Å². The molecule has 1 nitrogen and oxygen atoms in total. The molecule has 0 N–H and O–H groups in total. The quantitative estimate of drug-likeness (QED) is 0.811. The Hall–Kier alpha value is -1.60. The highest BCUT2D eigenvalue weighted by atomic mass is 15.2. The van der Waals surface area contributed by atoms with E-state index >= 15 is 0 Å². The highest BCUT2D eigenvalue weighted by molar-refractivity contribution is 5.29. The molecule has 2 fully saturated rings. The van der Waals surface area contributed by atoms with E-state index < -0.39 is 0 Å². The monoisotopic (exact) mass is 277 g/mol. The molecule has 2 aliphatic rings. The van der Waals surface area contributed by atoms with Crippen molar-refractivity contribution in [3.8, 4) is 0 Å². The second-order valence-electron chi connectivity index (χ2n) is 6.86. The summed E-state index contributed by atoms with van der Waals surface area (Å²) in [5.74, 6) is 2.62. The molecule has 2 aromatic rings. The smallest absolute Gasteiger partial charge is 0.0233 e. The van der Waals surface area contributed by atoms with E-state index in [2.05, 4.69) is 66.4 Å². The summed E-state index contributed by atoms with van der Waals surface area (Å²) in [6, 6.07) is 20.0. The van der Waals surface area contributed by atoms with Crippen molar-refractivity contribution in [2.45, 2.75) is 25.8 Å². The molecule has 0 radical (unpaired) electrons. The Morgan fingerprint density at radius 1 is 1.00 bits per heavy atom. The normalized spacial score (nSPS) is 28.1. The average Bonchev–Trinajstić information content (AvgIpc) is 2.78. The van der Waals surface area contributed by atoms with Gasteiger partial charge in [0.2, 0.25) is 0 Å². The lowest BCUT2D eigenvalue weighted by atomic mass is 9.64. The highest BCUT2D eigenvalue weighted by Crippen LogP contribution is 2.51. The van der Waals surface area contributed by atoms with Crippen LogP contribution < -0.4 is 0 Å². The fourth-order valence-electron chi connectivity index (χ4n) is 4.25. The average molecular weight is 277 g/mol. The van der Waals surface area contributed by atoms with Crippen LogP contribution >= 0.6 is 0 Å². The van der Waals surface area contributed by atoms with Gasteiger partial charge in [-0.15, -0.1) is 0 Å². The van der Waals surface area contributed by atoms with Gasteiger partial charge in [0.1, 0.15) is 0 Å². The van der Waals surface area contributed by atoms with Crippen LogP contribution in [0.4, 0.5) is 0 Å². The number of benzene rings is 2. The molecular weight excluding hydrogens is 254 g/mol. The Balaban J connectivity index is 1.43. The Bertz CT molecular complexity index is 619. The third kappa shape index (κ3) is 2.51. The molecule has 1 saturated heterocycles. The van der Waals surface area contributed by atoms with Crippen LogP contribution in [-0.2, 0) is 6.54 Å². The van der Waals surface area contributed by atoms with Crippen molar-refractivity contribution in [1.29, 1.82) is 0 Å². The molecular formula is C20H23N. The second-order valence-corrected chi connectivity index (χ2v) is 6.86. The molecule has 1 heteroatoms. The molecule has 2 aromatic carbocycles. The Morgan fingerprint density at radius 3 is 2.67 bits per heavy atom. The van der Waals surface area contributed by atoms with Crippen LogP contribution in [0.3, 0.4) is 0 Å². The molecule has 0 aromatic heterocycles. The molecule has 4 rings (SSSR count). The zero-order valence-corrected chi connectivity index (χ0v) is 12.7. The maximum atomic E-state index is 2.65. The van der Waals surface area contributed by atoms with E-state index in [1.807, 2.05) is 0 Å². The maximum Gasteiger partial charge on any atom is 0.0233 e. The first-order valence-electron chi connectivity index (χ1n) is 8.12. The molecule has 0 bridgehead atoms. The number of likely N-dealkylation sites (tertiary alicyclic amines) is 1. The van der Waals surface area contributed by atoms with Crippen LogP contribution in [0.5, 0.6) is 0 Å². The Labute approximate surface area is 127 Å². The number of hydrogen-bond acceptors (Lipinski definition) is 1. The Kier molecular flexibility index (Phi) is 3.31. The minimum atomic E-state index is 0.802. The van der Waals surface area contributed by atoms with Gasteiger partial charge in [0.05, 0.1) is 0 Å². The minimum absolute atomic E-state index is 0.802. The topological polar surface area (TPSA) is 3.24 Å². The summed E-state index contributed by atoms with van der Waals surface area (Å²) in [7, 11) is 0. The van der Waals surface area contributed by atoms with Crippen molar-refractivity contribution in [1.82, 2.24) is 4.90 Å². The van der Waals surface area contributed by atoms with Gasteiger partial charge in [-0.3, -0.25) is 4.90 Å². The summed E-state index contributed by atoms with van der Waals surface area (Å²) < 4.78 is 0. The summed E-state index contributed by atoms with van der Waals surface area (Å²) in [6.07, 6.45) is 1.39. The largest absolute Gasteiger partial charge is 0.298 e. The van der Waals surface area contributed by atoms with E-state index in [4.69, 9.17) is 0 Å². The van der Waals surface area contributed by atoms with Gasteiger partial charge >= 0.3 is 0 Å². The van der Waals surface area contributed by atoms with E-state index in [0.29, 0.717) is 0 Å². The van der Waals surface area contributed by atoms with E-state index in [-0.39, 0.29) is 0 Å². The van der Waals surface area contributed by atoms with Crippen LogP contribution in [0.15, 0.2) is 54.6 Å². The summed E-state index contributed by atoms with van der Waals surface area (Å²) in [5.41, 5.74) is 4.42. The number of aryl methyl sites for hydroxylation is 1. The van der Waals surface area contributed by atoms with E-state index in [0.717, 1.165) is 24.3 Å². The molecule has 0 spiro atoms. The molecule has 1 heterocycles. The third-order valence-corrected chi connectivity index (χ3v) is 5.36. The highest BCUT2D eigenvalue weighted by Gasteiger charge is 2.47. The number of hydrogen-bond donors (Lipinski definition) is 0. The van der Waals surface area contributed by atoms with E-state index in [9.17, 15) is 0 Å². The van der Waals surface area contributed by atoms with Crippen molar-refractivity contribution in [2.24, 2.45) is 11.8 Å². The van der Waals surface area contributed by atoms with Gasteiger partial charge in [0, 0.05) is 19.6 Å². The third-order valence-electron chi connectivity index (χ3n) is 5.36. The van der Waals surface area contributed by atoms with Crippen LogP contribution in [0.2, 0.25) is 0 Å². The van der Waals surface area contributed by atoms with Gasteiger partial charge in [0.15, 0.2) is 0 Å². The summed E-state index contributed by atoms with van der Waals surface area (Å²) >= 11 is 0.